The van der Waals surface area contributed by atoms with Gasteiger partial charge in [-0.05, 0) is 54.7 Å². The molecule has 9 nitrogen and oxygen atoms in total. The Labute approximate surface area is 198 Å². The van der Waals surface area contributed by atoms with Gasteiger partial charge in [0.15, 0.2) is 6.61 Å². The number of carbonyl (C=O) groups is 3. The summed E-state index contributed by atoms with van der Waals surface area (Å²) in [6.45, 7) is 1.18. The molecule has 1 unspecified atom stereocenters. The van der Waals surface area contributed by atoms with Crippen molar-refractivity contribution < 1.29 is 27.5 Å². The van der Waals surface area contributed by atoms with Crippen LogP contribution in [0.15, 0.2) is 53.4 Å². The molecule has 2 N–H and O–H groups in total. The number of fused-ring (bicyclic) bond motifs is 1. The largest absolute Gasteiger partial charge is 0.456 e. The molecule has 1 heterocycles. The highest BCUT2D eigenvalue weighted by molar-refractivity contribution is 7.89. The van der Waals surface area contributed by atoms with Gasteiger partial charge in [0, 0.05) is 25.2 Å². The quantitative estimate of drug-likeness (QED) is 0.553. The van der Waals surface area contributed by atoms with Gasteiger partial charge >= 0.3 is 5.97 Å². The monoisotopic (exact) mass is 485 g/mol. The molecule has 1 aliphatic carbocycles. The molecular weight excluding hydrogens is 458 g/mol. The van der Waals surface area contributed by atoms with Gasteiger partial charge in [-0.2, -0.15) is 4.31 Å². The predicted octanol–water partition coefficient (Wildman–Crippen LogP) is 2.14. The number of hydrogen-bond acceptors (Lipinski definition) is 6. The van der Waals surface area contributed by atoms with Gasteiger partial charge in [-0.3, -0.25) is 14.4 Å². The minimum atomic E-state index is -3.95. The molecule has 34 heavy (non-hydrogen) atoms. The predicted molar refractivity (Wildman–Crippen MR) is 124 cm³/mol. The van der Waals surface area contributed by atoms with Crippen molar-refractivity contribution in [2.45, 2.75) is 49.6 Å². The SMILES string of the molecule is CC(=O)Nc1ccc(S(=O)(=O)N2CCc3ccccc3C2CC(=O)OCC(=O)NC2CC2)cc1. The number of anilines is 1. The van der Waals surface area contributed by atoms with Gasteiger partial charge in [0.2, 0.25) is 15.9 Å². The van der Waals surface area contributed by atoms with Crippen molar-refractivity contribution in [3.8, 4) is 0 Å². The summed E-state index contributed by atoms with van der Waals surface area (Å²) in [7, 11) is -3.95. The second-order valence-electron chi connectivity index (χ2n) is 8.49. The number of nitrogens with zero attached hydrogens (tertiary/aromatic N) is 1. The highest BCUT2D eigenvalue weighted by Crippen LogP contribution is 2.36. The van der Waals surface area contributed by atoms with E-state index in [4.69, 9.17) is 4.74 Å². The number of esters is 1. The molecule has 1 atom stereocenters. The first-order chi connectivity index (χ1) is 16.2. The van der Waals surface area contributed by atoms with Crippen LogP contribution < -0.4 is 10.6 Å². The molecule has 10 heteroatoms. The van der Waals surface area contributed by atoms with E-state index in [1.807, 2.05) is 18.2 Å². The van der Waals surface area contributed by atoms with E-state index in [1.54, 1.807) is 6.07 Å². The third-order valence-corrected chi connectivity index (χ3v) is 7.73. The van der Waals surface area contributed by atoms with Crippen molar-refractivity contribution in [2.24, 2.45) is 0 Å². The molecule has 2 aromatic rings. The summed E-state index contributed by atoms with van der Waals surface area (Å²) in [4.78, 5) is 35.8. The van der Waals surface area contributed by atoms with E-state index in [0.29, 0.717) is 12.1 Å². The second-order valence-corrected chi connectivity index (χ2v) is 10.4. The van der Waals surface area contributed by atoms with Crippen molar-refractivity contribution in [3.05, 3.63) is 59.7 Å². The van der Waals surface area contributed by atoms with E-state index in [2.05, 4.69) is 10.6 Å². The van der Waals surface area contributed by atoms with Crippen molar-refractivity contribution in [1.29, 1.82) is 0 Å². The Morgan fingerprint density at radius 3 is 2.44 bits per heavy atom. The third kappa shape index (κ3) is 5.63. The molecule has 1 aliphatic heterocycles. The lowest BCUT2D eigenvalue weighted by Gasteiger charge is -2.36. The summed E-state index contributed by atoms with van der Waals surface area (Å²) in [6.07, 6.45) is 2.15. The molecule has 1 fully saturated rings. The number of carbonyl (C=O) groups excluding carboxylic acids is 3. The molecule has 1 saturated carbocycles. The zero-order valence-electron chi connectivity index (χ0n) is 18.8. The molecule has 2 aliphatic rings. The summed E-state index contributed by atoms with van der Waals surface area (Å²) >= 11 is 0. The molecule has 0 aromatic heterocycles. The summed E-state index contributed by atoms with van der Waals surface area (Å²) in [5, 5.41) is 5.36. The van der Waals surface area contributed by atoms with E-state index in [-0.39, 0.29) is 42.3 Å². The topological polar surface area (TPSA) is 122 Å². The van der Waals surface area contributed by atoms with Crippen LogP contribution in [0.5, 0.6) is 0 Å². The van der Waals surface area contributed by atoms with Gasteiger partial charge in [-0.15, -0.1) is 0 Å². The van der Waals surface area contributed by atoms with Gasteiger partial charge in [-0.25, -0.2) is 8.42 Å². The Morgan fingerprint density at radius 1 is 1.06 bits per heavy atom. The summed E-state index contributed by atoms with van der Waals surface area (Å²) in [5.41, 5.74) is 2.20. The first kappa shape index (κ1) is 23.9. The number of amides is 2. The first-order valence-electron chi connectivity index (χ1n) is 11.2. The first-order valence-corrected chi connectivity index (χ1v) is 12.6. The van der Waals surface area contributed by atoms with Crippen LogP contribution in [0.3, 0.4) is 0 Å². The van der Waals surface area contributed by atoms with E-state index in [0.717, 1.165) is 24.0 Å². The molecule has 0 spiro atoms. The molecular formula is C24H27N3O6S. The Bertz CT molecular complexity index is 1190. The molecule has 2 amide bonds. The number of benzene rings is 2. The van der Waals surface area contributed by atoms with Crippen LogP contribution in [0.1, 0.15) is 43.4 Å². The fourth-order valence-electron chi connectivity index (χ4n) is 4.04. The number of hydrogen-bond donors (Lipinski definition) is 2. The van der Waals surface area contributed by atoms with Crippen molar-refractivity contribution in [2.75, 3.05) is 18.5 Å². The van der Waals surface area contributed by atoms with Crippen molar-refractivity contribution >= 4 is 33.5 Å². The maximum Gasteiger partial charge on any atom is 0.308 e. The molecule has 0 radical (unpaired) electrons. The van der Waals surface area contributed by atoms with E-state index >= 15 is 0 Å². The number of ether oxygens (including phenoxy) is 1. The molecule has 0 saturated heterocycles. The fraction of sp³-hybridized carbons (Fsp3) is 0.375. The summed E-state index contributed by atoms with van der Waals surface area (Å²) in [6, 6.07) is 12.7. The minimum Gasteiger partial charge on any atom is -0.456 e. The Balaban J connectivity index is 1.54. The number of rotatable bonds is 8. The van der Waals surface area contributed by atoms with Crippen molar-refractivity contribution in [1.82, 2.24) is 9.62 Å². The maximum absolute atomic E-state index is 13.5. The molecule has 180 valence electrons. The van der Waals surface area contributed by atoms with Crippen LogP contribution in [0, 0.1) is 0 Å². The average molecular weight is 486 g/mol. The smallest absolute Gasteiger partial charge is 0.308 e. The molecule has 0 bridgehead atoms. The van der Waals surface area contributed by atoms with Crippen LogP contribution in [-0.4, -0.2) is 49.7 Å². The van der Waals surface area contributed by atoms with Gasteiger partial charge < -0.3 is 15.4 Å². The maximum atomic E-state index is 13.5. The highest BCUT2D eigenvalue weighted by atomic mass is 32.2. The van der Waals surface area contributed by atoms with Gasteiger partial charge in [0.25, 0.3) is 5.91 Å². The lowest BCUT2D eigenvalue weighted by molar-refractivity contribution is -0.149. The molecule has 2 aromatic carbocycles. The van der Waals surface area contributed by atoms with E-state index < -0.39 is 22.0 Å². The van der Waals surface area contributed by atoms with E-state index in [1.165, 1.54) is 35.5 Å². The lowest BCUT2D eigenvalue weighted by Crippen LogP contribution is -2.41. The fourth-order valence-corrected chi connectivity index (χ4v) is 5.64. The Kier molecular flexibility index (Phi) is 6.99. The zero-order chi connectivity index (χ0) is 24.3. The van der Waals surface area contributed by atoms with Crippen LogP contribution in [0.4, 0.5) is 5.69 Å². The Hall–Kier alpha value is -3.24. The van der Waals surface area contributed by atoms with Gasteiger partial charge in [0.05, 0.1) is 17.4 Å². The third-order valence-electron chi connectivity index (χ3n) is 5.81. The summed E-state index contributed by atoms with van der Waals surface area (Å²) in [5.74, 6) is -1.26. The normalized spacial score (nSPS) is 18.0. The van der Waals surface area contributed by atoms with Crippen LogP contribution in [-0.2, 0) is 35.6 Å². The van der Waals surface area contributed by atoms with Crippen LogP contribution >= 0.6 is 0 Å². The average Bonchev–Trinajstić information content (AvgIpc) is 3.62. The second kappa shape index (κ2) is 9.94. The minimum absolute atomic E-state index is 0.0585. The number of sulfonamides is 1. The standard InChI is InChI=1S/C24H27N3O6S/c1-16(28)25-18-8-10-20(11-9-18)34(31,32)27-13-12-17-4-2-3-5-21(17)22(27)14-24(30)33-15-23(29)26-19-6-7-19/h2-5,8-11,19,22H,6-7,12-15H2,1H3,(H,25,28)(H,26,29). The van der Waals surface area contributed by atoms with Crippen molar-refractivity contribution in [3.63, 3.8) is 0 Å². The van der Waals surface area contributed by atoms with E-state index in [9.17, 15) is 22.8 Å². The lowest BCUT2D eigenvalue weighted by atomic mass is 9.92. The number of nitrogens with one attached hydrogen (secondary N) is 2. The van der Waals surface area contributed by atoms with Crippen LogP contribution in [0.2, 0.25) is 0 Å². The van der Waals surface area contributed by atoms with Gasteiger partial charge in [-0.1, -0.05) is 24.3 Å². The molecule has 4 rings (SSSR count). The summed E-state index contributed by atoms with van der Waals surface area (Å²) < 4.78 is 33.5. The zero-order valence-corrected chi connectivity index (χ0v) is 19.6. The Morgan fingerprint density at radius 2 is 1.76 bits per heavy atom. The van der Waals surface area contributed by atoms with Crippen LogP contribution in [0.25, 0.3) is 0 Å². The van der Waals surface area contributed by atoms with Gasteiger partial charge in [0.1, 0.15) is 0 Å². The highest BCUT2D eigenvalue weighted by Gasteiger charge is 2.38.